The molecule has 0 spiro atoms. The lowest BCUT2D eigenvalue weighted by Gasteiger charge is -2.05. The van der Waals surface area contributed by atoms with Gasteiger partial charge in [0.05, 0.1) is 4.92 Å². The van der Waals surface area contributed by atoms with E-state index in [1.807, 2.05) is 0 Å². The highest BCUT2D eigenvalue weighted by molar-refractivity contribution is 14.1. The van der Waals surface area contributed by atoms with Crippen molar-refractivity contribution in [3.05, 3.63) is 61.7 Å². The van der Waals surface area contributed by atoms with E-state index in [2.05, 4.69) is 53.8 Å². The van der Waals surface area contributed by atoms with E-state index in [1.54, 1.807) is 30.0 Å². The normalized spacial score (nSPS) is 10.4. The molecule has 0 atom stereocenters. The minimum atomic E-state index is -0.368. The molecule has 2 rings (SSSR count). The van der Waals surface area contributed by atoms with Crippen molar-refractivity contribution in [1.82, 2.24) is 0 Å². The summed E-state index contributed by atoms with van der Waals surface area (Å²) in [7, 11) is 0. The topological polar surface area (TPSA) is 43.1 Å². The monoisotopic (exact) mass is 385 g/mol. The first-order chi connectivity index (χ1) is 9.10. The van der Waals surface area contributed by atoms with Crippen LogP contribution in [0.25, 0.3) is 0 Å². The fourth-order valence-corrected chi connectivity index (χ4v) is 3.25. The van der Waals surface area contributed by atoms with Gasteiger partial charge in [-0.2, -0.15) is 0 Å². The molecule has 0 aliphatic rings. The Hall–Kier alpha value is -1.08. The zero-order valence-electron chi connectivity index (χ0n) is 10.3. The highest BCUT2D eigenvalue weighted by atomic mass is 127. The number of non-ortho nitro benzene ring substituents is 1. The first kappa shape index (κ1) is 14.3. The van der Waals surface area contributed by atoms with Gasteiger partial charge < -0.3 is 0 Å². The summed E-state index contributed by atoms with van der Waals surface area (Å²) in [5, 5.41) is 10.7. The predicted molar refractivity (Wildman–Crippen MR) is 85.8 cm³/mol. The third-order valence-electron chi connectivity index (χ3n) is 2.69. The van der Waals surface area contributed by atoms with Crippen molar-refractivity contribution in [2.75, 3.05) is 0 Å². The Labute approximate surface area is 129 Å². The predicted octanol–water partition coefficient (Wildman–Crippen LogP) is 4.91. The highest BCUT2D eigenvalue weighted by Gasteiger charge is 2.09. The molecular weight excluding hydrogens is 373 g/mol. The lowest BCUT2D eigenvalue weighted by Crippen LogP contribution is -1.89. The minimum Gasteiger partial charge on any atom is -0.258 e. The van der Waals surface area contributed by atoms with Gasteiger partial charge in [0.25, 0.3) is 5.69 Å². The van der Waals surface area contributed by atoms with E-state index in [0.717, 1.165) is 19.8 Å². The van der Waals surface area contributed by atoms with Crippen LogP contribution in [0.15, 0.2) is 52.3 Å². The average molecular weight is 385 g/mol. The zero-order valence-corrected chi connectivity index (χ0v) is 13.3. The molecule has 0 saturated carbocycles. The van der Waals surface area contributed by atoms with Gasteiger partial charge in [-0.3, -0.25) is 10.1 Å². The van der Waals surface area contributed by atoms with Gasteiger partial charge in [0, 0.05) is 25.5 Å². The van der Waals surface area contributed by atoms with Crippen molar-refractivity contribution in [3.63, 3.8) is 0 Å². The molecule has 98 valence electrons. The van der Waals surface area contributed by atoms with Gasteiger partial charge in [-0.05, 0) is 52.8 Å². The average Bonchev–Trinajstić information content (AvgIpc) is 2.41. The molecule has 5 heteroatoms. The van der Waals surface area contributed by atoms with Crippen LogP contribution in [0.3, 0.4) is 0 Å². The van der Waals surface area contributed by atoms with Gasteiger partial charge in [-0.1, -0.05) is 30.8 Å². The van der Waals surface area contributed by atoms with E-state index in [4.69, 9.17) is 0 Å². The lowest BCUT2D eigenvalue weighted by molar-refractivity contribution is -0.385. The molecule has 0 radical (unpaired) electrons. The van der Waals surface area contributed by atoms with Gasteiger partial charge >= 0.3 is 0 Å². The van der Waals surface area contributed by atoms with E-state index in [-0.39, 0.29) is 10.6 Å². The van der Waals surface area contributed by atoms with E-state index in [1.165, 1.54) is 5.56 Å². The molecule has 0 fully saturated rings. The van der Waals surface area contributed by atoms with E-state index in [0.29, 0.717) is 0 Å². The fraction of sp³-hybridized carbons (Fsp3) is 0.143. The maximum Gasteiger partial charge on any atom is 0.270 e. The second-order valence-electron chi connectivity index (χ2n) is 3.97. The standard InChI is InChI=1S/C14H12INO2S/c1-2-10-3-6-12(7-4-10)19-14-8-5-11(16(17)18)9-13(14)15/h3-9H,2H2,1H3. The summed E-state index contributed by atoms with van der Waals surface area (Å²) in [6, 6.07) is 13.3. The van der Waals surface area contributed by atoms with Gasteiger partial charge in [0.15, 0.2) is 0 Å². The largest absolute Gasteiger partial charge is 0.270 e. The minimum absolute atomic E-state index is 0.134. The number of nitrogens with zero attached hydrogens (tertiary/aromatic N) is 1. The SMILES string of the molecule is CCc1ccc(Sc2ccc([N+](=O)[O-])cc2I)cc1. The summed E-state index contributed by atoms with van der Waals surface area (Å²) in [5.41, 5.74) is 1.44. The quantitative estimate of drug-likeness (QED) is 0.427. The Morgan fingerprint density at radius 2 is 1.89 bits per heavy atom. The van der Waals surface area contributed by atoms with Crippen LogP contribution in [0.1, 0.15) is 12.5 Å². The summed E-state index contributed by atoms with van der Waals surface area (Å²) >= 11 is 3.76. The van der Waals surface area contributed by atoms with E-state index < -0.39 is 0 Å². The Kier molecular flexibility index (Phi) is 4.81. The molecule has 0 aliphatic carbocycles. The van der Waals surface area contributed by atoms with Crippen LogP contribution in [0.2, 0.25) is 0 Å². The number of halogens is 1. The van der Waals surface area contributed by atoms with Gasteiger partial charge in [-0.15, -0.1) is 0 Å². The number of benzene rings is 2. The maximum atomic E-state index is 10.7. The van der Waals surface area contributed by atoms with Crippen molar-refractivity contribution in [3.8, 4) is 0 Å². The highest BCUT2D eigenvalue weighted by Crippen LogP contribution is 2.33. The first-order valence-corrected chi connectivity index (χ1v) is 7.70. The zero-order chi connectivity index (χ0) is 13.8. The molecule has 0 amide bonds. The summed E-state index contributed by atoms with van der Waals surface area (Å²) in [4.78, 5) is 12.5. The smallest absolute Gasteiger partial charge is 0.258 e. The fourth-order valence-electron chi connectivity index (χ4n) is 1.61. The van der Waals surface area contributed by atoms with Crippen molar-refractivity contribution in [2.24, 2.45) is 0 Å². The molecule has 2 aromatic carbocycles. The van der Waals surface area contributed by atoms with Gasteiger partial charge in [0.2, 0.25) is 0 Å². The lowest BCUT2D eigenvalue weighted by atomic mass is 10.2. The van der Waals surface area contributed by atoms with Crippen LogP contribution in [-0.4, -0.2) is 4.92 Å². The molecular formula is C14H12INO2S. The second kappa shape index (κ2) is 6.38. The summed E-state index contributed by atoms with van der Waals surface area (Å²) in [6.07, 6.45) is 1.03. The Morgan fingerprint density at radius 3 is 2.42 bits per heavy atom. The summed E-state index contributed by atoms with van der Waals surface area (Å²) in [5.74, 6) is 0. The van der Waals surface area contributed by atoms with Crippen LogP contribution in [0.5, 0.6) is 0 Å². The second-order valence-corrected chi connectivity index (χ2v) is 6.25. The Balaban J connectivity index is 2.20. The van der Waals surface area contributed by atoms with Crippen LogP contribution < -0.4 is 0 Å². The van der Waals surface area contributed by atoms with E-state index in [9.17, 15) is 10.1 Å². The molecule has 0 saturated heterocycles. The molecule has 0 aliphatic heterocycles. The third-order valence-corrected chi connectivity index (χ3v) is 5.03. The maximum absolute atomic E-state index is 10.7. The number of hydrogen-bond acceptors (Lipinski definition) is 3. The van der Waals surface area contributed by atoms with Crippen LogP contribution in [0.4, 0.5) is 5.69 Å². The number of nitro groups is 1. The molecule has 2 aromatic rings. The Bertz CT molecular complexity index is 599. The van der Waals surface area contributed by atoms with Crippen molar-refractivity contribution >= 4 is 40.0 Å². The molecule has 3 nitrogen and oxygen atoms in total. The van der Waals surface area contributed by atoms with Crippen molar-refractivity contribution in [2.45, 2.75) is 23.1 Å². The molecule has 0 bridgehead atoms. The van der Waals surface area contributed by atoms with Crippen LogP contribution in [-0.2, 0) is 6.42 Å². The molecule has 19 heavy (non-hydrogen) atoms. The molecule has 0 aromatic heterocycles. The van der Waals surface area contributed by atoms with Gasteiger partial charge in [0.1, 0.15) is 0 Å². The third kappa shape index (κ3) is 3.70. The van der Waals surface area contributed by atoms with Crippen molar-refractivity contribution < 1.29 is 4.92 Å². The van der Waals surface area contributed by atoms with Gasteiger partial charge in [-0.25, -0.2) is 0 Å². The number of hydrogen-bond donors (Lipinski definition) is 0. The van der Waals surface area contributed by atoms with E-state index >= 15 is 0 Å². The summed E-state index contributed by atoms with van der Waals surface area (Å²) < 4.78 is 0.899. The molecule has 0 heterocycles. The van der Waals surface area contributed by atoms with Crippen LogP contribution >= 0.6 is 34.4 Å². The molecule has 0 unspecified atom stereocenters. The first-order valence-electron chi connectivity index (χ1n) is 5.81. The Morgan fingerprint density at radius 1 is 1.21 bits per heavy atom. The number of rotatable bonds is 4. The molecule has 0 N–H and O–H groups in total. The summed E-state index contributed by atoms with van der Waals surface area (Å²) in [6.45, 7) is 2.13. The number of aryl methyl sites for hydroxylation is 1. The van der Waals surface area contributed by atoms with Crippen molar-refractivity contribution in [1.29, 1.82) is 0 Å². The number of nitro benzene ring substituents is 1. The van der Waals surface area contributed by atoms with Crippen LogP contribution in [0, 0.1) is 13.7 Å².